The molecule has 2 aromatic carbocycles. The Bertz CT molecular complexity index is 1100. The number of furan rings is 1. The maximum atomic E-state index is 12.7. The molecule has 2 heterocycles. The summed E-state index contributed by atoms with van der Waals surface area (Å²) in [6.45, 7) is 4.08. The minimum absolute atomic E-state index is 0.200. The van der Waals surface area contributed by atoms with E-state index in [1.807, 2.05) is 30.3 Å². The van der Waals surface area contributed by atoms with Crippen LogP contribution in [0.2, 0.25) is 0 Å². The van der Waals surface area contributed by atoms with E-state index >= 15 is 0 Å². The zero-order valence-corrected chi connectivity index (χ0v) is 17.8. The number of likely N-dealkylation sites (tertiary alicyclic amines) is 1. The first kappa shape index (κ1) is 21.0. The van der Waals surface area contributed by atoms with Crippen LogP contribution in [-0.4, -0.2) is 43.7 Å². The maximum Gasteiger partial charge on any atom is 0.313 e. The monoisotopic (exact) mass is 418 g/mol. The van der Waals surface area contributed by atoms with Gasteiger partial charge in [-0.2, -0.15) is 5.26 Å². The number of esters is 1. The average Bonchev–Trinajstić information content (AvgIpc) is 3.37. The number of fused-ring (bicyclic) bond motifs is 1. The van der Waals surface area contributed by atoms with Crippen LogP contribution in [0.25, 0.3) is 11.0 Å². The van der Waals surface area contributed by atoms with Gasteiger partial charge in [-0.1, -0.05) is 12.1 Å². The fraction of sp³-hybridized carbons (Fsp3) is 0.360. The lowest BCUT2D eigenvalue weighted by Crippen LogP contribution is -2.21. The summed E-state index contributed by atoms with van der Waals surface area (Å²) >= 11 is 0. The zero-order valence-electron chi connectivity index (χ0n) is 17.8. The van der Waals surface area contributed by atoms with Crippen molar-refractivity contribution in [2.45, 2.75) is 31.8 Å². The van der Waals surface area contributed by atoms with E-state index in [-0.39, 0.29) is 12.1 Å². The number of hydrogen-bond donors (Lipinski definition) is 0. The van der Waals surface area contributed by atoms with Crippen molar-refractivity contribution in [2.75, 3.05) is 26.7 Å². The van der Waals surface area contributed by atoms with Gasteiger partial charge in [0.2, 0.25) is 0 Å². The standard InChI is InChI=1S/C25H26N2O4/c1-3-29-25(28)23(14-22-13-19-12-17(15-26)4-9-24(19)31-22)18-5-7-20(8-6-18)30-21-10-11-27(2)16-21/h4-9,12-13,21,23H,3,10-11,14,16H2,1-2H3/t21-,23?/m0/s1. The number of carbonyl (C=O) groups is 1. The summed E-state index contributed by atoms with van der Waals surface area (Å²) in [5.41, 5.74) is 2.13. The van der Waals surface area contributed by atoms with Gasteiger partial charge in [-0.05, 0) is 62.4 Å². The van der Waals surface area contributed by atoms with Crippen molar-refractivity contribution in [2.24, 2.45) is 0 Å². The summed E-state index contributed by atoms with van der Waals surface area (Å²) in [5.74, 6) is 0.714. The van der Waals surface area contributed by atoms with Crippen molar-refractivity contribution in [3.8, 4) is 11.8 Å². The lowest BCUT2D eigenvalue weighted by molar-refractivity contribution is -0.145. The summed E-state index contributed by atoms with van der Waals surface area (Å²) in [6.07, 6.45) is 1.59. The predicted octanol–water partition coefficient (Wildman–Crippen LogP) is 4.28. The maximum absolute atomic E-state index is 12.7. The zero-order chi connectivity index (χ0) is 21.8. The van der Waals surface area contributed by atoms with E-state index in [0.29, 0.717) is 29.9 Å². The Labute approximate surface area is 182 Å². The Morgan fingerprint density at radius 3 is 2.74 bits per heavy atom. The van der Waals surface area contributed by atoms with Crippen molar-refractivity contribution < 1.29 is 18.7 Å². The van der Waals surface area contributed by atoms with Crippen LogP contribution in [0, 0.1) is 11.3 Å². The number of nitrogens with zero attached hydrogens (tertiary/aromatic N) is 2. The van der Waals surface area contributed by atoms with Crippen LogP contribution in [-0.2, 0) is 16.0 Å². The van der Waals surface area contributed by atoms with E-state index in [9.17, 15) is 4.79 Å². The van der Waals surface area contributed by atoms with E-state index in [1.54, 1.807) is 25.1 Å². The van der Waals surface area contributed by atoms with Gasteiger partial charge in [0.05, 0.1) is 24.2 Å². The molecule has 0 N–H and O–H groups in total. The Balaban J connectivity index is 1.53. The van der Waals surface area contributed by atoms with Gasteiger partial charge in [0.25, 0.3) is 0 Å². The summed E-state index contributed by atoms with van der Waals surface area (Å²) in [5, 5.41) is 9.95. The molecule has 2 atom stereocenters. The smallest absolute Gasteiger partial charge is 0.313 e. The van der Waals surface area contributed by atoms with Gasteiger partial charge in [-0.25, -0.2) is 0 Å². The summed E-state index contributed by atoms with van der Waals surface area (Å²) in [6, 6.07) is 17.0. The average molecular weight is 418 g/mol. The van der Waals surface area contributed by atoms with Crippen molar-refractivity contribution in [3.63, 3.8) is 0 Å². The number of benzene rings is 2. The SMILES string of the molecule is CCOC(=O)C(Cc1cc2cc(C#N)ccc2o1)c1ccc(O[C@H]2CCN(C)C2)cc1. The molecule has 1 aliphatic heterocycles. The fourth-order valence-electron chi connectivity index (χ4n) is 4.01. The highest BCUT2D eigenvalue weighted by molar-refractivity contribution is 5.81. The van der Waals surface area contributed by atoms with Crippen molar-refractivity contribution in [1.82, 2.24) is 4.90 Å². The van der Waals surface area contributed by atoms with Crippen LogP contribution in [0.3, 0.4) is 0 Å². The number of nitriles is 1. The van der Waals surface area contributed by atoms with E-state index in [1.165, 1.54) is 0 Å². The molecule has 1 aliphatic rings. The number of ether oxygens (including phenoxy) is 2. The Morgan fingerprint density at radius 1 is 1.26 bits per heavy atom. The predicted molar refractivity (Wildman–Crippen MR) is 117 cm³/mol. The fourth-order valence-corrected chi connectivity index (χ4v) is 4.01. The van der Waals surface area contributed by atoms with Crippen LogP contribution >= 0.6 is 0 Å². The molecule has 4 rings (SSSR count). The quantitative estimate of drug-likeness (QED) is 0.533. The second-order valence-corrected chi connectivity index (χ2v) is 7.95. The second-order valence-electron chi connectivity index (χ2n) is 7.95. The van der Waals surface area contributed by atoms with Gasteiger partial charge in [0.1, 0.15) is 23.2 Å². The third-order valence-electron chi connectivity index (χ3n) is 5.61. The molecule has 0 radical (unpaired) electrons. The molecule has 3 aromatic rings. The highest BCUT2D eigenvalue weighted by Crippen LogP contribution is 2.29. The van der Waals surface area contributed by atoms with Gasteiger partial charge in [-0.15, -0.1) is 0 Å². The Kier molecular flexibility index (Phi) is 6.24. The van der Waals surface area contributed by atoms with Gasteiger partial charge >= 0.3 is 5.97 Å². The van der Waals surface area contributed by atoms with Gasteiger partial charge < -0.3 is 18.8 Å². The molecular formula is C25H26N2O4. The lowest BCUT2D eigenvalue weighted by atomic mass is 9.94. The molecule has 1 unspecified atom stereocenters. The van der Waals surface area contributed by atoms with Gasteiger partial charge in [0.15, 0.2) is 0 Å². The number of rotatable bonds is 7. The van der Waals surface area contributed by atoms with E-state index in [0.717, 1.165) is 36.2 Å². The second kappa shape index (κ2) is 9.23. The molecule has 1 saturated heterocycles. The number of hydrogen-bond acceptors (Lipinski definition) is 6. The van der Waals surface area contributed by atoms with Gasteiger partial charge in [0, 0.05) is 24.9 Å². The summed E-state index contributed by atoms with van der Waals surface area (Å²) < 4.78 is 17.3. The largest absolute Gasteiger partial charge is 0.489 e. The highest BCUT2D eigenvalue weighted by atomic mass is 16.5. The summed E-state index contributed by atoms with van der Waals surface area (Å²) in [7, 11) is 2.09. The van der Waals surface area contributed by atoms with Crippen molar-refractivity contribution >= 4 is 16.9 Å². The molecule has 31 heavy (non-hydrogen) atoms. The molecule has 1 fully saturated rings. The molecule has 0 aliphatic carbocycles. The minimum Gasteiger partial charge on any atom is -0.489 e. The molecule has 6 nitrogen and oxygen atoms in total. The highest BCUT2D eigenvalue weighted by Gasteiger charge is 2.25. The first-order valence-corrected chi connectivity index (χ1v) is 10.6. The van der Waals surface area contributed by atoms with E-state index in [4.69, 9.17) is 19.2 Å². The van der Waals surface area contributed by atoms with Crippen molar-refractivity contribution in [1.29, 1.82) is 5.26 Å². The van der Waals surface area contributed by atoms with E-state index in [2.05, 4.69) is 18.0 Å². The van der Waals surface area contributed by atoms with Crippen LogP contribution < -0.4 is 4.74 Å². The number of likely N-dealkylation sites (N-methyl/N-ethyl adjacent to an activating group) is 1. The van der Waals surface area contributed by atoms with Crippen molar-refractivity contribution in [3.05, 3.63) is 65.4 Å². The Hall–Kier alpha value is -3.30. The first-order chi connectivity index (χ1) is 15.1. The van der Waals surface area contributed by atoms with E-state index < -0.39 is 5.92 Å². The molecular weight excluding hydrogens is 392 g/mol. The third-order valence-corrected chi connectivity index (χ3v) is 5.61. The molecule has 0 spiro atoms. The van der Waals surface area contributed by atoms with Crippen LogP contribution in [0.4, 0.5) is 0 Å². The lowest BCUT2D eigenvalue weighted by Gasteiger charge is -2.17. The van der Waals surface area contributed by atoms with Crippen LogP contribution in [0.1, 0.15) is 36.1 Å². The van der Waals surface area contributed by atoms with Crippen LogP contribution in [0.15, 0.2) is 52.9 Å². The molecule has 0 bridgehead atoms. The topological polar surface area (TPSA) is 75.7 Å². The normalized spacial score (nSPS) is 17.4. The Morgan fingerprint density at radius 2 is 2.06 bits per heavy atom. The molecule has 160 valence electrons. The molecule has 6 heteroatoms. The third kappa shape index (κ3) is 4.89. The molecule has 1 aromatic heterocycles. The minimum atomic E-state index is -0.484. The number of carbonyl (C=O) groups excluding carboxylic acids is 1. The first-order valence-electron chi connectivity index (χ1n) is 10.6. The summed E-state index contributed by atoms with van der Waals surface area (Å²) in [4.78, 5) is 15.0. The molecule has 0 amide bonds. The van der Waals surface area contributed by atoms with Gasteiger partial charge in [-0.3, -0.25) is 4.79 Å². The van der Waals surface area contributed by atoms with Crippen LogP contribution in [0.5, 0.6) is 5.75 Å². The molecule has 0 saturated carbocycles.